The molecule has 0 aromatic carbocycles. The van der Waals surface area contributed by atoms with Crippen molar-refractivity contribution in [2.45, 2.75) is 5.25 Å². The topological polar surface area (TPSA) is 101 Å². The van der Waals surface area contributed by atoms with Gasteiger partial charge in [-0.25, -0.2) is 13.1 Å². The SMILES string of the molecule is O=S1(=O)CC(S(=O)(=O)O)CN1. The van der Waals surface area contributed by atoms with Crippen LogP contribution in [0.2, 0.25) is 0 Å². The van der Waals surface area contributed by atoms with Gasteiger partial charge in [0.05, 0.1) is 5.75 Å². The maximum absolute atomic E-state index is 10.6. The summed E-state index contributed by atoms with van der Waals surface area (Å²) in [6.07, 6.45) is 0. The van der Waals surface area contributed by atoms with Crippen LogP contribution in [-0.2, 0) is 20.1 Å². The van der Waals surface area contributed by atoms with Crippen molar-refractivity contribution in [3.05, 3.63) is 0 Å². The van der Waals surface area contributed by atoms with Crippen LogP contribution >= 0.6 is 0 Å². The first-order valence-electron chi connectivity index (χ1n) is 2.75. The van der Waals surface area contributed by atoms with Crippen molar-refractivity contribution >= 4 is 20.1 Å². The molecule has 1 rings (SSSR count). The molecule has 6 nitrogen and oxygen atoms in total. The largest absolute Gasteiger partial charge is 0.285 e. The summed E-state index contributed by atoms with van der Waals surface area (Å²) in [6.45, 7) is -0.235. The molecule has 8 heteroatoms. The van der Waals surface area contributed by atoms with Gasteiger partial charge in [-0.15, -0.1) is 0 Å². The lowest BCUT2D eigenvalue weighted by Crippen LogP contribution is -2.24. The third kappa shape index (κ3) is 2.12. The van der Waals surface area contributed by atoms with E-state index >= 15 is 0 Å². The van der Waals surface area contributed by atoms with E-state index in [1.54, 1.807) is 0 Å². The Labute approximate surface area is 64.4 Å². The molecule has 11 heavy (non-hydrogen) atoms. The molecule has 0 aromatic heterocycles. The second-order valence-electron chi connectivity index (χ2n) is 2.27. The lowest BCUT2D eigenvalue weighted by atomic mass is 10.5. The Balaban J connectivity index is 2.87. The molecule has 1 aliphatic rings. The minimum absolute atomic E-state index is 0.235. The van der Waals surface area contributed by atoms with E-state index in [9.17, 15) is 16.8 Å². The van der Waals surface area contributed by atoms with Crippen LogP contribution in [0.4, 0.5) is 0 Å². The minimum Gasteiger partial charge on any atom is -0.285 e. The summed E-state index contributed by atoms with van der Waals surface area (Å²) in [5, 5.41) is -1.22. The zero-order chi connectivity index (χ0) is 8.70. The molecule has 0 amide bonds. The van der Waals surface area contributed by atoms with Crippen LogP contribution < -0.4 is 4.72 Å². The first-order valence-corrected chi connectivity index (χ1v) is 5.90. The molecule has 1 unspecified atom stereocenters. The molecule has 1 saturated heterocycles. The quantitative estimate of drug-likeness (QED) is 0.486. The first kappa shape index (κ1) is 8.91. The highest BCUT2D eigenvalue weighted by atomic mass is 32.2. The van der Waals surface area contributed by atoms with Crippen molar-refractivity contribution in [2.75, 3.05) is 12.3 Å². The normalized spacial score (nSPS) is 30.5. The Hall–Kier alpha value is -0.180. The van der Waals surface area contributed by atoms with Crippen LogP contribution in [-0.4, -0.2) is 38.9 Å². The lowest BCUT2D eigenvalue weighted by Gasteiger charge is -1.98. The molecule has 0 bridgehead atoms. The van der Waals surface area contributed by atoms with Crippen molar-refractivity contribution in [1.82, 2.24) is 4.72 Å². The number of hydrogen-bond acceptors (Lipinski definition) is 4. The van der Waals surface area contributed by atoms with Crippen molar-refractivity contribution in [2.24, 2.45) is 0 Å². The maximum atomic E-state index is 10.6. The van der Waals surface area contributed by atoms with E-state index in [4.69, 9.17) is 4.55 Å². The molecule has 0 spiro atoms. The molecule has 66 valence electrons. The Kier molecular flexibility index (Phi) is 1.95. The fourth-order valence-corrected chi connectivity index (χ4v) is 3.58. The van der Waals surface area contributed by atoms with Crippen LogP contribution in [0.3, 0.4) is 0 Å². The average molecular weight is 201 g/mol. The molecule has 0 aromatic rings. The van der Waals surface area contributed by atoms with Crippen LogP contribution in [0.15, 0.2) is 0 Å². The van der Waals surface area contributed by atoms with Crippen LogP contribution in [0.5, 0.6) is 0 Å². The van der Waals surface area contributed by atoms with Crippen LogP contribution in [0.1, 0.15) is 0 Å². The molecule has 0 saturated carbocycles. The lowest BCUT2D eigenvalue weighted by molar-refractivity contribution is 0.472. The number of nitrogens with one attached hydrogen (secondary N) is 1. The van der Waals surface area contributed by atoms with E-state index in [2.05, 4.69) is 0 Å². The highest BCUT2D eigenvalue weighted by Crippen LogP contribution is 2.07. The number of rotatable bonds is 1. The Morgan fingerprint density at radius 3 is 2.18 bits per heavy atom. The summed E-state index contributed by atoms with van der Waals surface area (Å²) < 4.78 is 52.3. The highest BCUT2D eigenvalue weighted by Gasteiger charge is 2.35. The van der Waals surface area contributed by atoms with Crippen LogP contribution in [0, 0.1) is 0 Å². The van der Waals surface area contributed by atoms with Crippen molar-refractivity contribution < 1.29 is 21.4 Å². The van der Waals surface area contributed by atoms with Crippen molar-refractivity contribution in [3.8, 4) is 0 Å². The first-order chi connectivity index (χ1) is 4.81. The Morgan fingerprint density at radius 1 is 1.45 bits per heavy atom. The van der Waals surface area contributed by atoms with E-state index in [0.29, 0.717) is 0 Å². The minimum atomic E-state index is -4.22. The molecule has 0 aliphatic carbocycles. The molecular weight excluding hydrogens is 194 g/mol. The van der Waals surface area contributed by atoms with E-state index in [-0.39, 0.29) is 6.54 Å². The third-order valence-corrected chi connectivity index (χ3v) is 4.19. The van der Waals surface area contributed by atoms with Gasteiger partial charge in [0.1, 0.15) is 5.25 Å². The average Bonchev–Trinajstić information content (AvgIpc) is 2.07. The second kappa shape index (κ2) is 2.41. The fourth-order valence-electron chi connectivity index (χ4n) is 0.774. The molecular formula is C3H7NO5S2. The Bertz CT molecular complexity index is 340. The Morgan fingerprint density at radius 2 is 2.00 bits per heavy atom. The zero-order valence-corrected chi connectivity index (χ0v) is 7.02. The number of hydrogen-bond donors (Lipinski definition) is 2. The number of sulfonamides is 1. The predicted molar refractivity (Wildman–Crippen MR) is 37.1 cm³/mol. The van der Waals surface area contributed by atoms with E-state index in [0.717, 1.165) is 0 Å². The highest BCUT2D eigenvalue weighted by molar-refractivity contribution is 7.93. The molecule has 0 radical (unpaired) electrons. The van der Waals surface area contributed by atoms with E-state index in [1.807, 2.05) is 4.72 Å². The van der Waals surface area contributed by atoms with Gasteiger partial charge in [0.2, 0.25) is 10.0 Å². The summed E-state index contributed by atoms with van der Waals surface area (Å²) in [4.78, 5) is 0. The molecule has 2 N–H and O–H groups in total. The third-order valence-electron chi connectivity index (χ3n) is 1.36. The van der Waals surface area contributed by atoms with Gasteiger partial charge in [-0.3, -0.25) is 4.55 Å². The predicted octanol–water partition coefficient (Wildman–Crippen LogP) is -1.82. The van der Waals surface area contributed by atoms with Crippen LogP contribution in [0.25, 0.3) is 0 Å². The summed E-state index contributed by atoms with van der Waals surface area (Å²) in [6, 6.07) is 0. The van der Waals surface area contributed by atoms with Crippen molar-refractivity contribution in [1.29, 1.82) is 0 Å². The van der Waals surface area contributed by atoms with E-state index < -0.39 is 31.1 Å². The molecule has 1 aliphatic heterocycles. The van der Waals surface area contributed by atoms with Gasteiger partial charge in [-0.1, -0.05) is 0 Å². The zero-order valence-electron chi connectivity index (χ0n) is 5.39. The molecule has 1 heterocycles. The van der Waals surface area contributed by atoms with Gasteiger partial charge in [-0.05, 0) is 0 Å². The van der Waals surface area contributed by atoms with Gasteiger partial charge in [0.25, 0.3) is 10.1 Å². The molecule has 1 atom stereocenters. The van der Waals surface area contributed by atoms with Crippen molar-refractivity contribution in [3.63, 3.8) is 0 Å². The van der Waals surface area contributed by atoms with Gasteiger partial charge in [-0.2, -0.15) is 8.42 Å². The summed E-state index contributed by atoms with van der Waals surface area (Å²) in [5.41, 5.74) is 0. The van der Waals surface area contributed by atoms with Gasteiger partial charge >= 0.3 is 0 Å². The monoisotopic (exact) mass is 201 g/mol. The fraction of sp³-hybridized carbons (Fsp3) is 1.00. The standard InChI is InChI=1S/C3H7NO5S2/c5-10(6)2-3(1-4-10)11(7,8)9/h3-4H,1-2H2,(H,7,8,9). The maximum Gasteiger partial charge on any atom is 0.270 e. The summed E-state index contributed by atoms with van der Waals surface area (Å²) in [5.74, 6) is -0.550. The van der Waals surface area contributed by atoms with E-state index in [1.165, 1.54) is 0 Å². The van der Waals surface area contributed by atoms with Gasteiger partial charge in [0, 0.05) is 6.54 Å². The second-order valence-corrected chi connectivity index (χ2v) is 5.81. The smallest absolute Gasteiger partial charge is 0.270 e. The van der Waals surface area contributed by atoms with Gasteiger partial charge in [0.15, 0.2) is 0 Å². The summed E-state index contributed by atoms with van der Waals surface area (Å²) in [7, 11) is -7.68. The van der Waals surface area contributed by atoms with Gasteiger partial charge < -0.3 is 0 Å². The molecule has 1 fully saturated rings. The summed E-state index contributed by atoms with van der Waals surface area (Å²) >= 11 is 0.